The third-order valence-corrected chi connectivity index (χ3v) is 3.21. The smallest absolute Gasteiger partial charge is 0.0384 e. The van der Waals surface area contributed by atoms with E-state index in [9.17, 15) is 0 Å². The largest absolute Gasteiger partial charge is 0.366 e. The first-order chi connectivity index (χ1) is 5.38. The van der Waals surface area contributed by atoms with E-state index in [0.717, 1.165) is 5.92 Å². The average Bonchev–Trinajstić information content (AvgIpc) is 2.55. The number of halogens is 1. The third kappa shape index (κ3) is 1.36. The highest BCUT2D eigenvalue weighted by Crippen LogP contribution is 2.37. The SMILES string of the molecule is Brc1c[nH]cc1C1CCCC1. The summed E-state index contributed by atoms with van der Waals surface area (Å²) in [5.41, 5.74) is 1.47. The highest BCUT2D eigenvalue weighted by molar-refractivity contribution is 9.10. The van der Waals surface area contributed by atoms with E-state index in [1.165, 1.54) is 35.7 Å². The molecule has 1 heterocycles. The Bertz CT molecular complexity index is 235. The van der Waals surface area contributed by atoms with Crippen molar-refractivity contribution in [3.8, 4) is 0 Å². The summed E-state index contributed by atoms with van der Waals surface area (Å²) >= 11 is 3.55. The van der Waals surface area contributed by atoms with Crippen LogP contribution < -0.4 is 0 Å². The van der Waals surface area contributed by atoms with Gasteiger partial charge in [-0.05, 0) is 40.3 Å². The van der Waals surface area contributed by atoms with Crippen LogP contribution in [0.4, 0.5) is 0 Å². The number of hydrogen-bond donors (Lipinski definition) is 1. The summed E-state index contributed by atoms with van der Waals surface area (Å²) in [6.07, 6.45) is 9.70. The Morgan fingerprint density at radius 2 is 2.00 bits per heavy atom. The Balaban J connectivity index is 2.21. The number of hydrogen-bond acceptors (Lipinski definition) is 0. The molecule has 1 aromatic heterocycles. The van der Waals surface area contributed by atoms with Crippen molar-refractivity contribution >= 4 is 15.9 Å². The van der Waals surface area contributed by atoms with E-state index < -0.39 is 0 Å². The van der Waals surface area contributed by atoms with Crippen LogP contribution in [0.2, 0.25) is 0 Å². The van der Waals surface area contributed by atoms with E-state index in [4.69, 9.17) is 0 Å². The van der Waals surface area contributed by atoms with Gasteiger partial charge in [0.05, 0.1) is 0 Å². The molecule has 1 aliphatic carbocycles. The summed E-state index contributed by atoms with van der Waals surface area (Å²) in [5, 5.41) is 0. The third-order valence-electron chi connectivity index (χ3n) is 2.52. The van der Waals surface area contributed by atoms with Crippen molar-refractivity contribution in [3.63, 3.8) is 0 Å². The summed E-state index contributed by atoms with van der Waals surface area (Å²) in [5.74, 6) is 0.815. The quantitative estimate of drug-likeness (QED) is 0.737. The molecule has 1 saturated carbocycles. The predicted octanol–water partition coefficient (Wildman–Crippen LogP) is 3.43. The summed E-state index contributed by atoms with van der Waals surface area (Å²) in [4.78, 5) is 3.13. The molecule has 1 aromatic rings. The first-order valence-corrected chi connectivity index (χ1v) is 4.99. The molecule has 1 aliphatic rings. The van der Waals surface area contributed by atoms with Gasteiger partial charge in [0.2, 0.25) is 0 Å². The van der Waals surface area contributed by atoms with Crippen molar-refractivity contribution in [1.29, 1.82) is 0 Å². The van der Waals surface area contributed by atoms with Gasteiger partial charge in [0.15, 0.2) is 0 Å². The molecule has 1 nitrogen and oxygen atoms in total. The number of aromatic amines is 1. The molecule has 1 fully saturated rings. The fraction of sp³-hybridized carbons (Fsp3) is 0.556. The van der Waals surface area contributed by atoms with Crippen LogP contribution >= 0.6 is 15.9 Å². The molecular weight excluding hydrogens is 202 g/mol. The van der Waals surface area contributed by atoms with Gasteiger partial charge in [-0.25, -0.2) is 0 Å². The van der Waals surface area contributed by atoms with Gasteiger partial charge in [0.1, 0.15) is 0 Å². The van der Waals surface area contributed by atoms with Crippen molar-refractivity contribution in [2.45, 2.75) is 31.6 Å². The molecule has 0 saturated heterocycles. The Morgan fingerprint density at radius 1 is 1.27 bits per heavy atom. The van der Waals surface area contributed by atoms with Gasteiger partial charge in [-0.1, -0.05) is 12.8 Å². The van der Waals surface area contributed by atoms with E-state index >= 15 is 0 Å². The highest BCUT2D eigenvalue weighted by atomic mass is 79.9. The van der Waals surface area contributed by atoms with E-state index in [1.54, 1.807) is 0 Å². The predicted molar refractivity (Wildman–Crippen MR) is 49.7 cm³/mol. The van der Waals surface area contributed by atoms with E-state index in [-0.39, 0.29) is 0 Å². The molecule has 0 aromatic carbocycles. The van der Waals surface area contributed by atoms with Gasteiger partial charge in [-0.3, -0.25) is 0 Å². The maximum atomic E-state index is 3.55. The fourth-order valence-electron chi connectivity index (χ4n) is 1.91. The van der Waals surface area contributed by atoms with Gasteiger partial charge < -0.3 is 4.98 Å². The Morgan fingerprint density at radius 3 is 2.55 bits per heavy atom. The van der Waals surface area contributed by atoms with Crippen molar-refractivity contribution in [2.75, 3.05) is 0 Å². The molecule has 0 bridgehead atoms. The van der Waals surface area contributed by atoms with Crippen molar-refractivity contribution < 1.29 is 0 Å². The maximum Gasteiger partial charge on any atom is 0.0384 e. The Labute approximate surface area is 75.3 Å². The van der Waals surface area contributed by atoms with Crippen LogP contribution in [0.3, 0.4) is 0 Å². The molecule has 0 spiro atoms. The molecular formula is C9H12BrN. The van der Waals surface area contributed by atoms with E-state index in [1.807, 2.05) is 6.20 Å². The van der Waals surface area contributed by atoms with Crippen LogP contribution in [0.5, 0.6) is 0 Å². The lowest BCUT2D eigenvalue weighted by molar-refractivity contribution is 0.721. The van der Waals surface area contributed by atoms with Crippen molar-refractivity contribution in [1.82, 2.24) is 4.98 Å². The monoisotopic (exact) mass is 213 g/mol. The number of H-pyrrole nitrogens is 1. The lowest BCUT2D eigenvalue weighted by atomic mass is 10.0. The summed E-state index contributed by atoms with van der Waals surface area (Å²) in [7, 11) is 0. The lowest BCUT2D eigenvalue weighted by Crippen LogP contribution is -1.89. The van der Waals surface area contributed by atoms with E-state index in [0.29, 0.717) is 0 Å². The fourth-order valence-corrected chi connectivity index (χ4v) is 2.48. The van der Waals surface area contributed by atoms with Crippen LogP contribution in [0.1, 0.15) is 37.2 Å². The van der Waals surface area contributed by atoms with Crippen LogP contribution in [-0.2, 0) is 0 Å². The topological polar surface area (TPSA) is 15.8 Å². The minimum Gasteiger partial charge on any atom is -0.366 e. The molecule has 11 heavy (non-hydrogen) atoms. The van der Waals surface area contributed by atoms with Crippen molar-refractivity contribution in [2.24, 2.45) is 0 Å². The summed E-state index contributed by atoms with van der Waals surface area (Å²) < 4.78 is 1.25. The molecule has 0 aliphatic heterocycles. The zero-order chi connectivity index (χ0) is 7.68. The second-order valence-electron chi connectivity index (χ2n) is 3.24. The Hall–Kier alpha value is -0.240. The van der Waals surface area contributed by atoms with E-state index in [2.05, 4.69) is 27.1 Å². The minimum absolute atomic E-state index is 0.815. The Kier molecular flexibility index (Phi) is 2.03. The normalized spacial score (nSPS) is 19.4. The first kappa shape index (κ1) is 7.41. The van der Waals surface area contributed by atoms with Crippen LogP contribution in [0, 0.1) is 0 Å². The van der Waals surface area contributed by atoms with Gasteiger partial charge in [-0.2, -0.15) is 0 Å². The lowest BCUT2D eigenvalue weighted by Gasteiger charge is -2.05. The zero-order valence-electron chi connectivity index (χ0n) is 6.44. The second kappa shape index (κ2) is 3.02. The summed E-state index contributed by atoms with van der Waals surface area (Å²) in [6, 6.07) is 0. The number of aromatic nitrogens is 1. The molecule has 0 amide bonds. The minimum atomic E-state index is 0.815. The number of nitrogens with one attached hydrogen (secondary N) is 1. The van der Waals surface area contributed by atoms with Gasteiger partial charge in [0, 0.05) is 16.9 Å². The molecule has 60 valence electrons. The summed E-state index contributed by atoms with van der Waals surface area (Å²) in [6.45, 7) is 0. The highest BCUT2D eigenvalue weighted by Gasteiger charge is 2.19. The molecule has 2 rings (SSSR count). The average molecular weight is 214 g/mol. The molecule has 0 atom stereocenters. The van der Waals surface area contributed by atoms with Crippen LogP contribution in [0.15, 0.2) is 16.9 Å². The molecule has 0 radical (unpaired) electrons. The molecule has 1 N–H and O–H groups in total. The second-order valence-corrected chi connectivity index (χ2v) is 4.09. The zero-order valence-corrected chi connectivity index (χ0v) is 8.02. The first-order valence-electron chi connectivity index (χ1n) is 4.20. The van der Waals surface area contributed by atoms with Gasteiger partial charge in [0.25, 0.3) is 0 Å². The number of rotatable bonds is 1. The van der Waals surface area contributed by atoms with Gasteiger partial charge in [-0.15, -0.1) is 0 Å². The molecule has 0 unspecified atom stereocenters. The van der Waals surface area contributed by atoms with Crippen LogP contribution in [-0.4, -0.2) is 4.98 Å². The molecule has 2 heteroatoms. The van der Waals surface area contributed by atoms with Gasteiger partial charge >= 0.3 is 0 Å². The maximum absolute atomic E-state index is 3.55. The van der Waals surface area contributed by atoms with Crippen LogP contribution in [0.25, 0.3) is 0 Å². The standard InChI is InChI=1S/C9H12BrN/c10-9-6-11-5-8(9)7-3-1-2-4-7/h5-7,11H,1-4H2. The van der Waals surface area contributed by atoms with Crippen molar-refractivity contribution in [3.05, 3.63) is 22.4 Å².